The van der Waals surface area contributed by atoms with Crippen LogP contribution in [0.1, 0.15) is 21.6 Å². The summed E-state index contributed by atoms with van der Waals surface area (Å²) < 4.78 is 13.5. The second-order valence-corrected chi connectivity index (χ2v) is 8.42. The molecule has 154 valence electrons. The van der Waals surface area contributed by atoms with Crippen LogP contribution >= 0.6 is 24.0 Å². The zero-order valence-electron chi connectivity index (χ0n) is 16.0. The summed E-state index contributed by atoms with van der Waals surface area (Å²) in [5, 5.41) is 9.04. The number of rotatable bonds is 5. The van der Waals surface area contributed by atoms with E-state index in [0.717, 1.165) is 16.7 Å². The predicted octanol–water partition coefficient (Wildman–Crippen LogP) is 4.99. The molecular weight excluding hydrogens is 435 g/mol. The van der Waals surface area contributed by atoms with Crippen LogP contribution in [0.25, 0.3) is 17.2 Å². The van der Waals surface area contributed by atoms with Crippen LogP contribution in [-0.4, -0.2) is 31.2 Å². The topological polar surface area (TPSA) is 70.5 Å². The highest BCUT2D eigenvalue weighted by atomic mass is 32.2. The molecule has 2 heterocycles. The lowest BCUT2D eigenvalue weighted by Gasteiger charge is -2.14. The Hall–Kier alpha value is -3.36. The molecule has 0 spiro atoms. The third kappa shape index (κ3) is 4.70. The minimum atomic E-state index is -0.982. The molecule has 8 heteroatoms. The highest BCUT2D eigenvalue weighted by molar-refractivity contribution is 8.26. The van der Waals surface area contributed by atoms with Crippen molar-refractivity contribution in [1.82, 2.24) is 9.88 Å². The van der Waals surface area contributed by atoms with Gasteiger partial charge in [0.1, 0.15) is 10.1 Å². The number of nitrogens with zero attached hydrogens (tertiary/aromatic N) is 2. The summed E-state index contributed by atoms with van der Waals surface area (Å²) in [6, 6.07) is 16.1. The number of carbonyl (C=O) groups excluding carboxylic acids is 1. The van der Waals surface area contributed by atoms with Gasteiger partial charge in [-0.05, 0) is 59.2 Å². The molecule has 1 N–H and O–H groups in total. The molecule has 1 aliphatic heterocycles. The lowest BCUT2D eigenvalue weighted by atomic mass is 10.0. The molecule has 0 aliphatic carbocycles. The first kappa shape index (κ1) is 20.9. The van der Waals surface area contributed by atoms with Gasteiger partial charge < -0.3 is 5.11 Å². The summed E-state index contributed by atoms with van der Waals surface area (Å²) in [6.45, 7) is 0.270. The maximum atomic E-state index is 13.1. The van der Waals surface area contributed by atoms with Gasteiger partial charge in [0.05, 0.1) is 22.7 Å². The highest BCUT2D eigenvalue weighted by Crippen LogP contribution is 2.33. The molecular formula is C23H15FN2O3S2. The number of aromatic nitrogens is 1. The fourth-order valence-electron chi connectivity index (χ4n) is 3.06. The minimum absolute atomic E-state index is 0.211. The SMILES string of the molecule is O=C(O)c1ccc(-c2ccnc(/C=C3/SC(=S)N(Cc4ccc(F)cc4)C3=O)c2)cc1. The number of amides is 1. The molecule has 5 nitrogen and oxygen atoms in total. The second-order valence-electron chi connectivity index (χ2n) is 6.75. The Balaban J connectivity index is 1.55. The number of carboxylic acid groups (broad SMARTS) is 1. The van der Waals surface area contributed by atoms with Gasteiger partial charge in [0, 0.05) is 6.20 Å². The Morgan fingerprint density at radius 2 is 1.81 bits per heavy atom. The number of carboxylic acids is 1. The summed E-state index contributed by atoms with van der Waals surface area (Å²) >= 11 is 6.55. The van der Waals surface area contributed by atoms with Gasteiger partial charge in [-0.15, -0.1) is 0 Å². The summed E-state index contributed by atoms with van der Waals surface area (Å²) in [5.41, 5.74) is 3.26. The number of hydrogen-bond acceptors (Lipinski definition) is 5. The van der Waals surface area contributed by atoms with E-state index in [-0.39, 0.29) is 23.8 Å². The Bertz CT molecular complexity index is 1210. The Morgan fingerprint density at radius 3 is 2.48 bits per heavy atom. The number of halogens is 1. The van der Waals surface area contributed by atoms with Crippen LogP contribution in [0.3, 0.4) is 0 Å². The van der Waals surface area contributed by atoms with Crippen LogP contribution in [-0.2, 0) is 11.3 Å². The van der Waals surface area contributed by atoms with Crippen molar-refractivity contribution in [3.8, 4) is 11.1 Å². The van der Waals surface area contributed by atoms with E-state index in [0.29, 0.717) is 14.9 Å². The van der Waals surface area contributed by atoms with Crippen LogP contribution in [0.5, 0.6) is 0 Å². The third-order valence-electron chi connectivity index (χ3n) is 4.65. The van der Waals surface area contributed by atoms with Gasteiger partial charge in [0.25, 0.3) is 5.91 Å². The second kappa shape index (κ2) is 8.79. The van der Waals surface area contributed by atoms with Crippen molar-refractivity contribution < 1.29 is 19.1 Å². The third-order valence-corrected chi connectivity index (χ3v) is 6.03. The lowest BCUT2D eigenvalue weighted by molar-refractivity contribution is -0.122. The number of thioether (sulfide) groups is 1. The first-order valence-corrected chi connectivity index (χ1v) is 10.4. The number of carbonyl (C=O) groups is 2. The zero-order valence-corrected chi connectivity index (χ0v) is 17.6. The first-order valence-electron chi connectivity index (χ1n) is 9.20. The van der Waals surface area contributed by atoms with Crippen LogP contribution in [0.15, 0.2) is 71.8 Å². The van der Waals surface area contributed by atoms with Crippen molar-refractivity contribution in [3.63, 3.8) is 0 Å². The van der Waals surface area contributed by atoms with Gasteiger partial charge in [-0.1, -0.05) is 48.2 Å². The Labute approximate surface area is 187 Å². The van der Waals surface area contributed by atoms with Gasteiger partial charge in [0.15, 0.2) is 0 Å². The molecule has 1 aromatic heterocycles. The van der Waals surface area contributed by atoms with Gasteiger partial charge in [-0.3, -0.25) is 14.7 Å². The van der Waals surface area contributed by atoms with E-state index in [1.807, 2.05) is 12.1 Å². The molecule has 0 atom stereocenters. The van der Waals surface area contributed by atoms with E-state index in [9.17, 15) is 14.0 Å². The summed E-state index contributed by atoms with van der Waals surface area (Å²) in [4.78, 5) is 30.1. The molecule has 1 amide bonds. The maximum Gasteiger partial charge on any atom is 0.335 e. The largest absolute Gasteiger partial charge is 0.478 e. The van der Waals surface area contributed by atoms with Gasteiger partial charge in [0.2, 0.25) is 0 Å². The van der Waals surface area contributed by atoms with E-state index in [1.54, 1.807) is 48.7 Å². The standard InChI is InChI=1S/C23H15FN2O3S2/c24-18-7-1-14(2-8-18)13-26-21(27)20(31-23(26)30)12-19-11-17(9-10-25-19)15-3-5-16(6-4-15)22(28)29/h1-12H,13H2,(H,28,29)/b20-12+. The van der Waals surface area contributed by atoms with E-state index in [4.69, 9.17) is 17.3 Å². The zero-order chi connectivity index (χ0) is 22.0. The average molecular weight is 451 g/mol. The highest BCUT2D eigenvalue weighted by Gasteiger charge is 2.32. The van der Waals surface area contributed by atoms with Crippen molar-refractivity contribution in [2.75, 3.05) is 0 Å². The van der Waals surface area contributed by atoms with Crippen LogP contribution in [0.2, 0.25) is 0 Å². The minimum Gasteiger partial charge on any atom is -0.478 e. The number of pyridine rings is 1. The molecule has 3 aromatic rings. The molecule has 0 unspecified atom stereocenters. The molecule has 0 radical (unpaired) electrons. The summed E-state index contributed by atoms with van der Waals surface area (Å²) in [7, 11) is 0. The van der Waals surface area contributed by atoms with Gasteiger partial charge in [-0.25, -0.2) is 9.18 Å². The molecule has 2 aromatic carbocycles. The molecule has 4 rings (SSSR count). The van der Waals surface area contributed by atoms with E-state index < -0.39 is 5.97 Å². The monoisotopic (exact) mass is 450 g/mol. The molecule has 0 bridgehead atoms. The Morgan fingerprint density at radius 1 is 1.10 bits per heavy atom. The van der Waals surface area contributed by atoms with Crippen molar-refractivity contribution in [3.05, 3.63) is 94.4 Å². The number of hydrogen-bond donors (Lipinski definition) is 1. The van der Waals surface area contributed by atoms with Crippen molar-refractivity contribution in [1.29, 1.82) is 0 Å². The molecule has 1 saturated heterocycles. The Kier molecular flexibility index (Phi) is 5.92. The summed E-state index contributed by atoms with van der Waals surface area (Å²) in [6.07, 6.45) is 3.31. The van der Waals surface area contributed by atoms with E-state index >= 15 is 0 Å². The number of thiocarbonyl (C=S) groups is 1. The van der Waals surface area contributed by atoms with Crippen molar-refractivity contribution in [2.24, 2.45) is 0 Å². The van der Waals surface area contributed by atoms with Crippen LogP contribution in [0.4, 0.5) is 4.39 Å². The fraction of sp³-hybridized carbons (Fsp3) is 0.0435. The van der Waals surface area contributed by atoms with Crippen molar-refractivity contribution >= 4 is 46.3 Å². The molecule has 0 saturated carbocycles. The normalized spacial score (nSPS) is 15.0. The van der Waals surface area contributed by atoms with E-state index in [2.05, 4.69) is 4.98 Å². The average Bonchev–Trinajstić information content (AvgIpc) is 3.03. The maximum absolute atomic E-state index is 13.1. The lowest BCUT2D eigenvalue weighted by Crippen LogP contribution is -2.27. The molecule has 31 heavy (non-hydrogen) atoms. The van der Waals surface area contributed by atoms with E-state index in [1.165, 1.54) is 28.8 Å². The van der Waals surface area contributed by atoms with Crippen molar-refractivity contribution in [2.45, 2.75) is 6.54 Å². The van der Waals surface area contributed by atoms with Crippen LogP contribution in [0, 0.1) is 5.82 Å². The summed E-state index contributed by atoms with van der Waals surface area (Å²) in [5.74, 6) is -1.54. The molecule has 1 fully saturated rings. The number of aromatic carboxylic acids is 1. The van der Waals surface area contributed by atoms with Crippen LogP contribution < -0.4 is 0 Å². The number of benzene rings is 2. The fourth-order valence-corrected chi connectivity index (χ4v) is 4.29. The smallest absolute Gasteiger partial charge is 0.335 e. The van der Waals surface area contributed by atoms with Gasteiger partial charge in [-0.2, -0.15) is 0 Å². The quantitative estimate of drug-likeness (QED) is 0.436. The first-order chi connectivity index (χ1) is 14.9. The molecule has 1 aliphatic rings. The predicted molar refractivity (Wildman–Crippen MR) is 122 cm³/mol. The van der Waals surface area contributed by atoms with Gasteiger partial charge >= 0.3 is 5.97 Å².